The molecule has 0 aromatic heterocycles. The second-order valence-corrected chi connectivity index (χ2v) is 5.77. The summed E-state index contributed by atoms with van der Waals surface area (Å²) in [5.74, 6) is 0.419. The summed E-state index contributed by atoms with van der Waals surface area (Å²) in [6.07, 6.45) is -3.05. The molecule has 1 saturated carbocycles. The quantitative estimate of drug-likeness (QED) is 0.882. The number of alkyl halides is 3. The van der Waals surface area contributed by atoms with Crippen LogP contribution in [0, 0.1) is 11.8 Å². The lowest BCUT2D eigenvalue weighted by Crippen LogP contribution is -2.36. The summed E-state index contributed by atoms with van der Waals surface area (Å²) in [4.78, 5) is 0. The molecule has 0 aliphatic heterocycles. The van der Waals surface area contributed by atoms with Crippen molar-refractivity contribution in [1.82, 2.24) is 0 Å². The van der Waals surface area contributed by atoms with E-state index >= 15 is 0 Å². The van der Waals surface area contributed by atoms with Crippen molar-refractivity contribution >= 4 is 0 Å². The minimum Gasteiger partial charge on any atom is -0.405 e. The molecule has 0 heterocycles. The fraction of sp³-hybridized carbons (Fsp3) is 0.600. The molecule has 3 unspecified atom stereocenters. The Morgan fingerprint density at radius 1 is 1.20 bits per heavy atom. The summed E-state index contributed by atoms with van der Waals surface area (Å²) in [6.45, 7) is 4.12. The number of ether oxygens (including phenoxy) is 1. The summed E-state index contributed by atoms with van der Waals surface area (Å²) in [7, 11) is 0. The van der Waals surface area contributed by atoms with E-state index in [1.165, 1.54) is 18.2 Å². The number of aliphatic hydroxyl groups is 1. The van der Waals surface area contributed by atoms with Crippen LogP contribution in [0.15, 0.2) is 24.3 Å². The highest BCUT2D eigenvalue weighted by molar-refractivity contribution is 5.38. The second-order valence-electron chi connectivity index (χ2n) is 5.77. The molecule has 1 aliphatic rings. The van der Waals surface area contributed by atoms with E-state index < -0.39 is 12.0 Å². The van der Waals surface area contributed by atoms with E-state index in [2.05, 4.69) is 11.7 Å². The highest BCUT2D eigenvalue weighted by Gasteiger charge is 2.41. The molecule has 1 aliphatic carbocycles. The highest BCUT2D eigenvalue weighted by atomic mass is 19.4. The van der Waals surface area contributed by atoms with Gasteiger partial charge in [-0.3, -0.25) is 0 Å². The van der Waals surface area contributed by atoms with E-state index in [4.69, 9.17) is 0 Å². The van der Waals surface area contributed by atoms with Crippen molar-refractivity contribution in [2.45, 2.75) is 45.1 Å². The van der Waals surface area contributed by atoms with Crippen LogP contribution in [0.2, 0.25) is 0 Å². The van der Waals surface area contributed by atoms with Crippen molar-refractivity contribution in [2.24, 2.45) is 11.8 Å². The minimum atomic E-state index is -4.75. The van der Waals surface area contributed by atoms with Gasteiger partial charge in [0, 0.05) is 5.56 Å². The second kappa shape index (κ2) is 5.28. The molecule has 2 rings (SSSR count). The Bertz CT molecular complexity index is 472. The van der Waals surface area contributed by atoms with Crippen molar-refractivity contribution in [3.8, 4) is 5.75 Å². The average molecular weight is 288 g/mol. The van der Waals surface area contributed by atoms with Gasteiger partial charge in [0.2, 0.25) is 0 Å². The van der Waals surface area contributed by atoms with Crippen LogP contribution in [0.25, 0.3) is 0 Å². The fourth-order valence-corrected chi connectivity index (χ4v) is 2.90. The Labute approximate surface area is 116 Å². The molecule has 1 N–H and O–H groups in total. The van der Waals surface area contributed by atoms with Crippen molar-refractivity contribution < 1.29 is 23.0 Å². The summed E-state index contributed by atoms with van der Waals surface area (Å²) in [5.41, 5.74) is -1.01. The van der Waals surface area contributed by atoms with Crippen LogP contribution in [-0.4, -0.2) is 11.5 Å². The Kier molecular flexibility index (Phi) is 4.00. The van der Waals surface area contributed by atoms with Crippen molar-refractivity contribution in [1.29, 1.82) is 0 Å². The smallest absolute Gasteiger partial charge is 0.405 e. The zero-order valence-corrected chi connectivity index (χ0v) is 11.6. The van der Waals surface area contributed by atoms with E-state index in [1.807, 2.05) is 6.92 Å². The van der Waals surface area contributed by atoms with Crippen LogP contribution in [-0.2, 0) is 5.60 Å². The Morgan fingerprint density at radius 3 is 2.45 bits per heavy atom. The predicted molar refractivity (Wildman–Crippen MR) is 69.2 cm³/mol. The Morgan fingerprint density at radius 2 is 1.85 bits per heavy atom. The van der Waals surface area contributed by atoms with Gasteiger partial charge in [-0.1, -0.05) is 32.0 Å². The first-order valence-electron chi connectivity index (χ1n) is 6.79. The number of halogens is 3. The lowest BCUT2D eigenvalue weighted by molar-refractivity contribution is -0.275. The maximum absolute atomic E-state index is 12.4. The van der Waals surface area contributed by atoms with Gasteiger partial charge in [0.1, 0.15) is 5.75 Å². The van der Waals surface area contributed by atoms with Gasteiger partial charge in [-0.05, 0) is 37.2 Å². The number of hydrogen-bond donors (Lipinski definition) is 1. The third kappa shape index (κ3) is 3.26. The van der Waals surface area contributed by atoms with Crippen molar-refractivity contribution in [2.75, 3.05) is 0 Å². The van der Waals surface area contributed by atoms with E-state index in [1.54, 1.807) is 6.07 Å². The molecule has 0 spiro atoms. The van der Waals surface area contributed by atoms with E-state index in [0.717, 1.165) is 6.42 Å². The number of para-hydroxylation sites is 1. The molecule has 0 saturated heterocycles. The molecule has 2 nitrogen and oxygen atoms in total. The molecule has 1 aromatic rings. The summed E-state index contributed by atoms with van der Waals surface area (Å²) < 4.78 is 41.4. The van der Waals surface area contributed by atoms with Gasteiger partial charge >= 0.3 is 6.36 Å². The molecule has 0 amide bonds. The fourth-order valence-electron chi connectivity index (χ4n) is 2.90. The Hall–Kier alpha value is -1.23. The third-order valence-corrected chi connectivity index (χ3v) is 4.26. The molecule has 1 aromatic carbocycles. The van der Waals surface area contributed by atoms with Gasteiger partial charge in [0.15, 0.2) is 0 Å². The van der Waals surface area contributed by atoms with Gasteiger partial charge in [0.05, 0.1) is 5.60 Å². The molecule has 1 fully saturated rings. The standard InChI is InChI=1S/C15H19F3O2/c1-10-7-8-14(19,9-11(10)2)12-5-3-4-6-13(12)20-15(16,17)18/h3-6,10-11,19H,7-9H2,1-2H3. The molecule has 112 valence electrons. The molecular formula is C15H19F3O2. The van der Waals surface area contributed by atoms with Gasteiger partial charge < -0.3 is 9.84 Å². The molecule has 5 heteroatoms. The molecule has 0 radical (unpaired) electrons. The van der Waals surface area contributed by atoms with Crippen molar-refractivity contribution in [3.05, 3.63) is 29.8 Å². The van der Waals surface area contributed by atoms with Crippen LogP contribution in [0.4, 0.5) is 13.2 Å². The van der Waals surface area contributed by atoms with E-state index in [9.17, 15) is 18.3 Å². The van der Waals surface area contributed by atoms with E-state index in [0.29, 0.717) is 18.8 Å². The molecule has 20 heavy (non-hydrogen) atoms. The zero-order valence-electron chi connectivity index (χ0n) is 11.6. The van der Waals surface area contributed by atoms with Crippen LogP contribution in [0.5, 0.6) is 5.75 Å². The normalized spacial score (nSPS) is 31.1. The number of hydrogen-bond acceptors (Lipinski definition) is 2. The monoisotopic (exact) mass is 288 g/mol. The average Bonchev–Trinajstić information content (AvgIpc) is 2.33. The molecule has 0 bridgehead atoms. The van der Waals surface area contributed by atoms with Gasteiger partial charge in [-0.25, -0.2) is 0 Å². The number of rotatable bonds is 2. The van der Waals surface area contributed by atoms with Gasteiger partial charge in [-0.15, -0.1) is 13.2 Å². The zero-order chi connectivity index (χ0) is 15.0. The van der Waals surface area contributed by atoms with Crippen LogP contribution < -0.4 is 4.74 Å². The first-order valence-corrected chi connectivity index (χ1v) is 6.79. The lowest BCUT2D eigenvalue weighted by atomic mass is 9.70. The van der Waals surface area contributed by atoms with Crippen LogP contribution in [0.3, 0.4) is 0 Å². The number of benzene rings is 1. The van der Waals surface area contributed by atoms with Gasteiger partial charge in [-0.2, -0.15) is 0 Å². The Balaban J connectivity index is 2.32. The van der Waals surface area contributed by atoms with E-state index in [-0.39, 0.29) is 17.2 Å². The lowest BCUT2D eigenvalue weighted by Gasteiger charge is -2.40. The first kappa shape index (κ1) is 15.2. The maximum atomic E-state index is 12.4. The topological polar surface area (TPSA) is 29.5 Å². The predicted octanol–water partition coefficient (Wildman–Crippen LogP) is 4.23. The summed E-state index contributed by atoms with van der Waals surface area (Å²) in [5, 5.41) is 10.8. The maximum Gasteiger partial charge on any atom is 0.573 e. The largest absolute Gasteiger partial charge is 0.573 e. The summed E-state index contributed by atoms with van der Waals surface area (Å²) >= 11 is 0. The molecule has 3 atom stereocenters. The van der Waals surface area contributed by atoms with Crippen LogP contribution in [0.1, 0.15) is 38.7 Å². The highest BCUT2D eigenvalue weighted by Crippen LogP contribution is 2.45. The summed E-state index contributed by atoms with van der Waals surface area (Å²) in [6, 6.07) is 5.87. The SMILES string of the molecule is CC1CCC(O)(c2ccccc2OC(F)(F)F)CC1C. The van der Waals surface area contributed by atoms with Crippen molar-refractivity contribution in [3.63, 3.8) is 0 Å². The minimum absolute atomic E-state index is 0.232. The molecular weight excluding hydrogens is 269 g/mol. The third-order valence-electron chi connectivity index (χ3n) is 4.26. The van der Waals surface area contributed by atoms with Crippen LogP contribution >= 0.6 is 0 Å². The van der Waals surface area contributed by atoms with Gasteiger partial charge in [0.25, 0.3) is 0 Å². The first-order chi connectivity index (χ1) is 9.21.